The summed E-state index contributed by atoms with van der Waals surface area (Å²) in [6, 6.07) is 0. The van der Waals surface area contributed by atoms with Gasteiger partial charge in [-0.15, -0.1) is 22.2 Å². The number of hydrogen-bond donors (Lipinski definition) is 0. The molecule has 0 aliphatic heterocycles. The third kappa shape index (κ3) is 9.98. The molecule has 0 aliphatic rings. The standard InChI is InChI=1S/2C6H14N2.Ni/c2*1-5(2,7)6(3,4)8;/h2*7-8H,1-4H3;/q2*-2;. The van der Waals surface area contributed by atoms with Crippen molar-refractivity contribution >= 4 is 0 Å². The summed E-state index contributed by atoms with van der Waals surface area (Å²) in [4.78, 5) is 0. The van der Waals surface area contributed by atoms with E-state index >= 15 is 0 Å². The van der Waals surface area contributed by atoms with E-state index in [4.69, 9.17) is 22.9 Å². The molecule has 0 radical (unpaired) electrons. The Morgan fingerprint density at radius 2 is 0.471 bits per heavy atom. The van der Waals surface area contributed by atoms with Gasteiger partial charge in [0.1, 0.15) is 0 Å². The van der Waals surface area contributed by atoms with Gasteiger partial charge in [-0.1, -0.05) is 55.4 Å². The molecule has 110 valence electrons. The molecule has 0 amide bonds. The summed E-state index contributed by atoms with van der Waals surface area (Å²) in [5.74, 6) is 0. The average molecular weight is 287 g/mol. The maximum atomic E-state index is 7.40. The van der Waals surface area contributed by atoms with Gasteiger partial charge in [0.2, 0.25) is 0 Å². The molecule has 0 aromatic heterocycles. The van der Waals surface area contributed by atoms with Gasteiger partial charge in [0.15, 0.2) is 0 Å². The molecule has 5 heteroatoms. The van der Waals surface area contributed by atoms with E-state index in [2.05, 4.69) is 0 Å². The molecule has 4 nitrogen and oxygen atoms in total. The number of hydrogen-bond acceptors (Lipinski definition) is 0. The quantitative estimate of drug-likeness (QED) is 0.616. The summed E-state index contributed by atoms with van der Waals surface area (Å²) in [6.45, 7) is 14.0. The first-order chi connectivity index (χ1) is 6.50. The van der Waals surface area contributed by atoms with E-state index in [0.29, 0.717) is 0 Å². The summed E-state index contributed by atoms with van der Waals surface area (Å²) >= 11 is 0. The van der Waals surface area contributed by atoms with Crippen LogP contribution in [0.25, 0.3) is 22.9 Å². The Balaban J connectivity index is -0.000000218. The fraction of sp³-hybridized carbons (Fsp3) is 1.00. The molecule has 0 atom stereocenters. The van der Waals surface area contributed by atoms with Crippen molar-refractivity contribution in [3.63, 3.8) is 0 Å². The Bertz CT molecular complexity index is 153. The van der Waals surface area contributed by atoms with Crippen molar-refractivity contribution in [3.05, 3.63) is 22.9 Å². The third-order valence-corrected chi connectivity index (χ3v) is 3.12. The maximum Gasteiger partial charge on any atom is 0 e. The van der Waals surface area contributed by atoms with Gasteiger partial charge in [0, 0.05) is 16.5 Å². The van der Waals surface area contributed by atoms with Crippen LogP contribution in [0.1, 0.15) is 55.4 Å². The summed E-state index contributed by atoms with van der Waals surface area (Å²) < 4.78 is 0. The molecule has 0 unspecified atom stereocenters. The molecule has 0 aromatic carbocycles. The molecule has 4 N–H and O–H groups in total. The second kappa shape index (κ2) is 6.49. The van der Waals surface area contributed by atoms with Crippen LogP contribution in [0.4, 0.5) is 0 Å². The van der Waals surface area contributed by atoms with Crippen molar-refractivity contribution < 1.29 is 16.5 Å². The van der Waals surface area contributed by atoms with Crippen LogP contribution in [0, 0.1) is 0 Å². The topological polar surface area (TPSA) is 95.2 Å². The van der Waals surface area contributed by atoms with E-state index in [1.807, 2.05) is 0 Å². The van der Waals surface area contributed by atoms with Gasteiger partial charge < -0.3 is 22.9 Å². The maximum absolute atomic E-state index is 7.40. The van der Waals surface area contributed by atoms with E-state index in [-0.39, 0.29) is 16.5 Å². The zero-order valence-electron chi connectivity index (χ0n) is 12.3. The average Bonchev–Trinajstić information content (AvgIpc) is 1.77. The number of rotatable bonds is 2. The van der Waals surface area contributed by atoms with Crippen LogP contribution >= 0.6 is 0 Å². The van der Waals surface area contributed by atoms with Gasteiger partial charge in [-0.3, -0.25) is 0 Å². The molecule has 0 bridgehead atoms. The Kier molecular flexibility index (Phi) is 8.59. The molecule has 0 saturated carbocycles. The Morgan fingerprint density at radius 1 is 0.412 bits per heavy atom. The minimum Gasteiger partial charge on any atom is -0.673 e. The second-order valence-electron chi connectivity index (χ2n) is 6.50. The van der Waals surface area contributed by atoms with Crippen molar-refractivity contribution in [2.75, 3.05) is 0 Å². The van der Waals surface area contributed by atoms with Crippen LogP contribution in [0.5, 0.6) is 0 Å². The summed E-state index contributed by atoms with van der Waals surface area (Å²) in [6.07, 6.45) is 0. The first-order valence-corrected chi connectivity index (χ1v) is 5.50. The summed E-state index contributed by atoms with van der Waals surface area (Å²) in [5.41, 5.74) is 27.0. The second-order valence-corrected chi connectivity index (χ2v) is 6.50. The van der Waals surface area contributed by atoms with E-state index in [1.54, 1.807) is 55.4 Å². The van der Waals surface area contributed by atoms with Crippen LogP contribution in [-0.4, -0.2) is 22.2 Å². The fourth-order valence-corrected chi connectivity index (χ4v) is 0. The van der Waals surface area contributed by atoms with Crippen LogP contribution in [0.2, 0.25) is 0 Å². The van der Waals surface area contributed by atoms with E-state index in [0.717, 1.165) is 0 Å². The minimum atomic E-state index is -0.646. The zero-order chi connectivity index (χ0) is 14.0. The van der Waals surface area contributed by atoms with E-state index in [9.17, 15) is 0 Å². The van der Waals surface area contributed by atoms with Crippen molar-refractivity contribution in [2.45, 2.75) is 77.5 Å². The van der Waals surface area contributed by atoms with Crippen LogP contribution < -0.4 is 0 Å². The molecule has 0 saturated heterocycles. The zero-order valence-corrected chi connectivity index (χ0v) is 13.3. The first kappa shape index (κ1) is 22.5. The molecular weight excluding hydrogens is 259 g/mol. The summed E-state index contributed by atoms with van der Waals surface area (Å²) in [7, 11) is 0. The van der Waals surface area contributed by atoms with Crippen molar-refractivity contribution in [1.29, 1.82) is 0 Å². The molecule has 0 rings (SSSR count). The predicted molar refractivity (Wildman–Crippen MR) is 73.6 cm³/mol. The molecule has 0 aliphatic carbocycles. The Labute approximate surface area is 117 Å². The van der Waals surface area contributed by atoms with Crippen molar-refractivity contribution in [2.24, 2.45) is 0 Å². The third-order valence-electron chi connectivity index (χ3n) is 3.12. The number of nitrogens with one attached hydrogen (secondary N) is 4. The van der Waals surface area contributed by atoms with E-state index in [1.165, 1.54) is 0 Å². The monoisotopic (exact) mass is 286 g/mol. The molecule has 17 heavy (non-hydrogen) atoms. The van der Waals surface area contributed by atoms with Crippen LogP contribution in [-0.2, 0) is 16.5 Å². The smallest absolute Gasteiger partial charge is 0 e. The van der Waals surface area contributed by atoms with Crippen LogP contribution in [0.3, 0.4) is 0 Å². The summed E-state index contributed by atoms with van der Waals surface area (Å²) in [5, 5.41) is 0. The molecule has 0 aromatic rings. The van der Waals surface area contributed by atoms with Gasteiger partial charge in [0.05, 0.1) is 0 Å². The van der Waals surface area contributed by atoms with Gasteiger partial charge in [-0.2, -0.15) is 0 Å². The molecular formula is C12H28N4Ni-4. The van der Waals surface area contributed by atoms with Gasteiger partial charge in [0.25, 0.3) is 0 Å². The molecule has 0 fully saturated rings. The fourth-order valence-electron chi connectivity index (χ4n) is 0. The van der Waals surface area contributed by atoms with Gasteiger partial charge in [-0.05, 0) is 0 Å². The Morgan fingerprint density at radius 3 is 0.471 bits per heavy atom. The predicted octanol–water partition coefficient (Wildman–Crippen LogP) is 5.29. The largest absolute Gasteiger partial charge is 0.673 e. The van der Waals surface area contributed by atoms with Crippen molar-refractivity contribution in [1.82, 2.24) is 0 Å². The minimum absolute atomic E-state index is 0. The van der Waals surface area contributed by atoms with Gasteiger partial charge >= 0.3 is 0 Å². The first-order valence-electron chi connectivity index (χ1n) is 5.50. The SMILES string of the molecule is CC(C)([NH-])C(C)(C)[NH-].CC(C)([NH-])C(C)(C)[NH-].[Ni]. The Hall–Kier alpha value is 0.334. The van der Waals surface area contributed by atoms with Crippen LogP contribution in [0.15, 0.2) is 0 Å². The molecule has 0 spiro atoms. The van der Waals surface area contributed by atoms with Gasteiger partial charge in [-0.25, -0.2) is 0 Å². The molecule has 0 heterocycles. The normalized spacial score (nSPS) is 13.4. The van der Waals surface area contributed by atoms with Crippen molar-refractivity contribution in [3.8, 4) is 0 Å². The van der Waals surface area contributed by atoms with E-state index < -0.39 is 22.2 Å².